The zero-order chi connectivity index (χ0) is 12.3. The van der Waals surface area contributed by atoms with Gasteiger partial charge in [-0.2, -0.15) is 0 Å². The molecule has 4 heteroatoms. The minimum absolute atomic E-state index is 0.169. The second-order valence-electron chi connectivity index (χ2n) is 5.08. The van der Waals surface area contributed by atoms with Gasteiger partial charge >= 0.3 is 0 Å². The van der Waals surface area contributed by atoms with Crippen molar-refractivity contribution < 1.29 is 9.32 Å². The molecule has 17 heavy (non-hydrogen) atoms. The summed E-state index contributed by atoms with van der Waals surface area (Å²) in [5.74, 6) is 1.27. The van der Waals surface area contributed by atoms with E-state index in [0.717, 1.165) is 37.9 Å². The van der Waals surface area contributed by atoms with Gasteiger partial charge in [-0.1, -0.05) is 19.0 Å². The number of hydrogen-bond donors (Lipinski definition) is 1. The Morgan fingerprint density at radius 2 is 2.18 bits per heavy atom. The van der Waals surface area contributed by atoms with E-state index < -0.39 is 0 Å². The molecule has 1 fully saturated rings. The van der Waals surface area contributed by atoms with Gasteiger partial charge < -0.3 is 14.6 Å². The van der Waals surface area contributed by atoms with Gasteiger partial charge in [0.15, 0.2) is 0 Å². The molecule has 1 N–H and O–H groups in total. The summed E-state index contributed by atoms with van der Waals surface area (Å²) in [6, 6.07) is 1.97. The predicted molar refractivity (Wildman–Crippen MR) is 65.0 cm³/mol. The Kier molecular flexibility index (Phi) is 3.94. The van der Waals surface area contributed by atoms with Crippen molar-refractivity contribution in [3.8, 4) is 0 Å². The van der Waals surface area contributed by atoms with Crippen molar-refractivity contribution in [1.82, 2.24) is 10.5 Å². The lowest BCUT2D eigenvalue weighted by atomic mass is 9.91. The fraction of sp³-hybridized carbons (Fsp3) is 0.692. The fourth-order valence-corrected chi connectivity index (χ4v) is 2.32. The van der Waals surface area contributed by atoms with Crippen LogP contribution in [-0.4, -0.2) is 24.5 Å². The molecular formula is C13H20N2O2. The number of carbonyl (C=O) groups is 1. The summed E-state index contributed by atoms with van der Waals surface area (Å²) in [5.41, 5.74) is 1.01. The number of hydrogen-bond acceptors (Lipinski definition) is 4. The van der Waals surface area contributed by atoms with E-state index in [0.29, 0.717) is 11.7 Å². The highest BCUT2D eigenvalue weighted by molar-refractivity contribution is 5.60. The maximum Gasteiger partial charge on any atom is 0.147 e. The number of carbonyl (C=O) groups excluding carboxylic acids is 1. The molecule has 1 atom stereocenters. The summed E-state index contributed by atoms with van der Waals surface area (Å²) >= 11 is 0. The Morgan fingerprint density at radius 3 is 2.76 bits per heavy atom. The highest BCUT2D eigenvalue weighted by Gasteiger charge is 2.23. The van der Waals surface area contributed by atoms with Crippen molar-refractivity contribution in [2.45, 2.75) is 38.5 Å². The number of rotatable bonds is 4. The third-order valence-electron chi connectivity index (χ3n) is 3.50. The Hall–Kier alpha value is -1.16. The van der Waals surface area contributed by atoms with Crippen LogP contribution in [0.4, 0.5) is 0 Å². The molecular weight excluding hydrogens is 216 g/mol. The third kappa shape index (κ3) is 2.75. The van der Waals surface area contributed by atoms with E-state index in [1.54, 1.807) is 0 Å². The van der Waals surface area contributed by atoms with Gasteiger partial charge in [-0.15, -0.1) is 0 Å². The van der Waals surface area contributed by atoms with Crippen molar-refractivity contribution in [3.63, 3.8) is 0 Å². The molecule has 0 unspecified atom stereocenters. The molecule has 2 rings (SSSR count). The first-order valence-electron chi connectivity index (χ1n) is 6.35. The number of nitrogens with zero attached hydrogens (tertiary/aromatic N) is 1. The highest BCUT2D eigenvalue weighted by atomic mass is 16.5. The van der Waals surface area contributed by atoms with Crippen LogP contribution in [0, 0.1) is 5.92 Å². The molecule has 2 heterocycles. The van der Waals surface area contributed by atoms with Crippen LogP contribution < -0.4 is 5.32 Å². The molecule has 0 spiro atoms. The van der Waals surface area contributed by atoms with Crippen molar-refractivity contribution in [2.75, 3.05) is 13.1 Å². The molecule has 0 aliphatic carbocycles. The summed E-state index contributed by atoms with van der Waals surface area (Å²) < 4.78 is 5.33. The maximum absolute atomic E-state index is 11.0. The number of piperidine rings is 1. The number of aldehydes is 1. The van der Waals surface area contributed by atoms with Gasteiger partial charge in [-0.25, -0.2) is 0 Å². The SMILES string of the molecule is CC(C)[C@@H](C=O)c1cc(C2CCNCC2)no1. The first-order chi connectivity index (χ1) is 8.22. The lowest BCUT2D eigenvalue weighted by Crippen LogP contribution is -2.26. The molecule has 1 aliphatic heterocycles. The average Bonchev–Trinajstić information content (AvgIpc) is 2.80. The fourth-order valence-electron chi connectivity index (χ4n) is 2.32. The molecule has 1 saturated heterocycles. The highest BCUT2D eigenvalue weighted by Crippen LogP contribution is 2.29. The second kappa shape index (κ2) is 5.45. The van der Waals surface area contributed by atoms with Crippen LogP contribution in [0.3, 0.4) is 0 Å². The van der Waals surface area contributed by atoms with Crippen molar-refractivity contribution >= 4 is 6.29 Å². The van der Waals surface area contributed by atoms with Crippen LogP contribution in [0.2, 0.25) is 0 Å². The number of nitrogens with one attached hydrogen (secondary N) is 1. The van der Waals surface area contributed by atoms with E-state index in [4.69, 9.17) is 4.52 Å². The summed E-state index contributed by atoms with van der Waals surface area (Å²) in [4.78, 5) is 11.0. The summed E-state index contributed by atoms with van der Waals surface area (Å²) in [5, 5.41) is 7.46. The third-order valence-corrected chi connectivity index (χ3v) is 3.50. The molecule has 0 amide bonds. The van der Waals surface area contributed by atoms with Crippen LogP contribution in [0.15, 0.2) is 10.6 Å². The van der Waals surface area contributed by atoms with Gasteiger partial charge in [0, 0.05) is 12.0 Å². The van der Waals surface area contributed by atoms with Gasteiger partial charge in [0.25, 0.3) is 0 Å². The molecule has 1 aromatic rings. The van der Waals surface area contributed by atoms with Crippen molar-refractivity contribution in [2.24, 2.45) is 5.92 Å². The van der Waals surface area contributed by atoms with Gasteiger partial charge in [-0.3, -0.25) is 0 Å². The van der Waals surface area contributed by atoms with Crippen LogP contribution in [0.5, 0.6) is 0 Å². The quantitative estimate of drug-likeness (QED) is 0.813. The molecule has 0 radical (unpaired) electrons. The second-order valence-corrected chi connectivity index (χ2v) is 5.08. The monoisotopic (exact) mass is 236 g/mol. The minimum atomic E-state index is -0.169. The smallest absolute Gasteiger partial charge is 0.147 e. The van der Waals surface area contributed by atoms with Crippen molar-refractivity contribution in [1.29, 1.82) is 0 Å². The predicted octanol–water partition coefficient (Wildman–Crippen LogP) is 2.08. The Morgan fingerprint density at radius 1 is 1.47 bits per heavy atom. The molecule has 0 aromatic carbocycles. The first-order valence-corrected chi connectivity index (χ1v) is 6.35. The zero-order valence-corrected chi connectivity index (χ0v) is 10.5. The van der Waals surface area contributed by atoms with Crippen LogP contribution in [-0.2, 0) is 4.79 Å². The Labute approximate surface area is 102 Å². The van der Waals surface area contributed by atoms with Crippen LogP contribution >= 0.6 is 0 Å². The molecule has 0 saturated carbocycles. The Balaban J connectivity index is 2.11. The summed E-state index contributed by atoms with van der Waals surface area (Å²) in [6.07, 6.45) is 3.15. The van der Waals surface area contributed by atoms with Gasteiger partial charge in [0.1, 0.15) is 12.0 Å². The van der Waals surface area contributed by atoms with E-state index in [2.05, 4.69) is 10.5 Å². The van der Waals surface area contributed by atoms with E-state index in [9.17, 15) is 4.79 Å². The minimum Gasteiger partial charge on any atom is -0.360 e. The average molecular weight is 236 g/mol. The van der Waals surface area contributed by atoms with Crippen molar-refractivity contribution in [3.05, 3.63) is 17.5 Å². The van der Waals surface area contributed by atoms with Crippen LogP contribution in [0.1, 0.15) is 50.0 Å². The van der Waals surface area contributed by atoms with E-state index in [1.807, 2.05) is 19.9 Å². The number of aromatic nitrogens is 1. The molecule has 1 aromatic heterocycles. The normalized spacial score (nSPS) is 19.5. The lowest BCUT2D eigenvalue weighted by molar-refractivity contribution is -0.110. The zero-order valence-electron chi connectivity index (χ0n) is 10.5. The first kappa shape index (κ1) is 12.3. The Bertz CT molecular complexity index is 367. The molecule has 4 nitrogen and oxygen atoms in total. The van der Waals surface area contributed by atoms with Crippen LogP contribution in [0.25, 0.3) is 0 Å². The maximum atomic E-state index is 11.0. The lowest BCUT2D eigenvalue weighted by Gasteiger charge is -2.19. The van der Waals surface area contributed by atoms with Gasteiger partial charge in [-0.05, 0) is 31.8 Å². The van der Waals surface area contributed by atoms with Gasteiger partial charge in [0.2, 0.25) is 0 Å². The van der Waals surface area contributed by atoms with E-state index in [-0.39, 0.29) is 11.8 Å². The van der Waals surface area contributed by atoms with Gasteiger partial charge in [0.05, 0.1) is 11.6 Å². The topological polar surface area (TPSA) is 55.1 Å². The largest absolute Gasteiger partial charge is 0.360 e. The molecule has 0 bridgehead atoms. The summed E-state index contributed by atoms with van der Waals surface area (Å²) in [7, 11) is 0. The molecule has 94 valence electrons. The summed E-state index contributed by atoms with van der Waals surface area (Å²) in [6.45, 7) is 6.11. The van der Waals surface area contributed by atoms with E-state index >= 15 is 0 Å². The standard InChI is InChI=1S/C13H20N2O2/c1-9(2)11(8-16)13-7-12(15-17-13)10-3-5-14-6-4-10/h7-11,14H,3-6H2,1-2H3/t11-/m1/s1. The molecule has 1 aliphatic rings. The van der Waals surface area contributed by atoms with E-state index in [1.165, 1.54) is 0 Å².